The van der Waals surface area contributed by atoms with E-state index in [4.69, 9.17) is 11.6 Å². The van der Waals surface area contributed by atoms with Gasteiger partial charge in [0.25, 0.3) is 45.7 Å². The van der Waals surface area contributed by atoms with Crippen LogP contribution in [0.15, 0.2) is 97.1 Å². The highest BCUT2D eigenvalue weighted by Crippen LogP contribution is 2.21. The van der Waals surface area contributed by atoms with Crippen molar-refractivity contribution in [2.45, 2.75) is 50.7 Å². The van der Waals surface area contributed by atoms with E-state index in [1.165, 1.54) is 72.8 Å². The number of likely N-dealkylation sites (tertiary alicyclic amines) is 3. The first-order chi connectivity index (χ1) is 31.3. The van der Waals surface area contributed by atoms with E-state index >= 15 is 0 Å². The Labute approximate surface area is 380 Å². The molecule has 0 unspecified atom stereocenters. The molecule has 66 heavy (non-hydrogen) atoms. The van der Waals surface area contributed by atoms with Crippen LogP contribution in [0, 0.1) is 40.5 Å². The number of non-ortho nitro benzene ring substituents is 4. The van der Waals surface area contributed by atoms with Crippen molar-refractivity contribution in [2.24, 2.45) is 0 Å². The molecule has 3 saturated heterocycles. The Kier molecular flexibility index (Phi) is 19.0. The number of amides is 3. The van der Waals surface area contributed by atoms with Gasteiger partial charge in [-0.05, 0) is 61.5 Å². The number of ketones is 1. The number of Topliss-reactive ketones (excluding diaryl/α,β-unsaturated/α-hetero) is 1. The van der Waals surface area contributed by atoms with Gasteiger partial charge in [-0.3, -0.25) is 64.4 Å². The second kappa shape index (κ2) is 24.5. The Bertz CT molecular complexity index is 2330. The van der Waals surface area contributed by atoms with Crippen LogP contribution in [0.3, 0.4) is 0 Å². The number of carbonyl (C=O) groups is 5. The van der Waals surface area contributed by atoms with Crippen molar-refractivity contribution in [3.05, 3.63) is 160 Å². The Morgan fingerprint density at radius 3 is 1.00 bits per heavy atom. The molecule has 0 aromatic heterocycles. The summed E-state index contributed by atoms with van der Waals surface area (Å²) in [4.78, 5) is 103. The Morgan fingerprint density at radius 1 is 0.470 bits per heavy atom. The number of rotatable bonds is 8. The van der Waals surface area contributed by atoms with E-state index in [-0.39, 0.29) is 64.0 Å². The topological polar surface area (TPSA) is 308 Å². The van der Waals surface area contributed by atoms with Gasteiger partial charge in [0, 0.05) is 123 Å². The van der Waals surface area contributed by atoms with Crippen LogP contribution < -0.4 is 0 Å². The van der Waals surface area contributed by atoms with Gasteiger partial charge >= 0.3 is 0 Å². The molecule has 22 nitrogen and oxygen atoms in total. The highest BCUT2D eigenvalue weighted by Gasteiger charge is 2.26. The van der Waals surface area contributed by atoms with Gasteiger partial charge in [-0.25, -0.2) is 0 Å². The zero-order valence-electron chi connectivity index (χ0n) is 35.1. The molecule has 0 saturated carbocycles. The van der Waals surface area contributed by atoms with Gasteiger partial charge in [0.2, 0.25) is 0 Å². The molecular formula is C43H44ClN7O15. The molecule has 3 aliphatic heterocycles. The molecular weight excluding hydrogens is 890 g/mol. The van der Waals surface area contributed by atoms with Crippen LogP contribution in [-0.4, -0.2) is 125 Å². The maximum absolute atomic E-state index is 12.1. The van der Waals surface area contributed by atoms with E-state index in [9.17, 15) is 74.6 Å². The maximum atomic E-state index is 12.1. The van der Waals surface area contributed by atoms with E-state index in [0.29, 0.717) is 94.5 Å². The van der Waals surface area contributed by atoms with Gasteiger partial charge in [0.15, 0.2) is 0 Å². The van der Waals surface area contributed by atoms with Gasteiger partial charge < -0.3 is 24.9 Å². The van der Waals surface area contributed by atoms with Crippen molar-refractivity contribution in [1.29, 1.82) is 0 Å². The molecule has 3 fully saturated rings. The SMILES string of the molecule is O=C(Cl)c1cccc([N+](=O)[O-])c1.O=C(c1cccc([N+](=O)[O-])c1)N1CCC(O)CC1.O=C(c1cccc([N+](=O)[O-])c1)N1CCC(O)CC1.O=C1CCN(C(=O)c2cccc([N+](=O)[O-])c2)CC1. The van der Waals surface area contributed by atoms with E-state index in [2.05, 4.69) is 0 Å². The molecule has 23 heteroatoms. The first-order valence-corrected chi connectivity index (χ1v) is 20.7. The van der Waals surface area contributed by atoms with Crippen LogP contribution in [0.4, 0.5) is 22.7 Å². The van der Waals surface area contributed by atoms with Gasteiger partial charge in [-0.2, -0.15) is 0 Å². The lowest BCUT2D eigenvalue weighted by atomic mass is 10.1. The smallest absolute Gasteiger partial charge is 0.270 e. The van der Waals surface area contributed by atoms with E-state index < -0.39 is 24.9 Å². The molecule has 2 N–H and O–H groups in total. The number of nitro benzene ring substituents is 4. The predicted molar refractivity (Wildman–Crippen MR) is 235 cm³/mol. The summed E-state index contributed by atoms with van der Waals surface area (Å²) in [7, 11) is 0. The van der Waals surface area contributed by atoms with E-state index in [1.807, 2.05) is 0 Å². The summed E-state index contributed by atoms with van der Waals surface area (Å²) >= 11 is 5.12. The molecule has 348 valence electrons. The highest BCUT2D eigenvalue weighted by atomic mass is 35.5. The number of piperidine rings is 3. The minimum atomic E-state index is -0.696. The summed E-state index contributed by atoms with van der Waals surface area (Å²) < 4.78 is 0. The molecule has 4 aromatic rings. The van der Waals surface area contributed by atoms with Crippen molar-refractivity contribution in [1.82, 2.24) is 14.7 Å². The largest absolute Gasteiger partial charge is 0.393 e. The number of carbonyl (C=O) groups excluding carboxylic acids is 5. The average molecular weight is 934 g/mol. The molecule has 4 aromatic carbocycles. The van der Waals surface area contributed by atoms with Crippen LogP contribution >= 0.6 is 11.6 Å². The maximum Gasteiger partial charge on any atom is 0.270 e. The van der Waals surface area contributed by atoms with Crippen LogP contribution in [0.5, 0.6) is 0 Å². The molecule has 3 aliphatic rings. The van der Waals surface area contributed by atoms with Gasteiger partial charge in [0.05, 0.1) is 31.9 Å². The first-order valence-electron chi connectivity index (χ1n) is 20.3. The number of nitro groups is 4. The van der Waals surface area contributed by atoms with Crippen LogP contribution in [0.25, 0.3) is 0 Å². The monoisotopic (exact) mass is 933 g/mol. The number of hydrogen-bond acceptors (Lipinski definition) is 15. The predicted octanol–water partition coefficient (Wildman–Crippen LogP) is 5.76. The zero-order valence-corrected chi connectivity index (χ0v) is 35.8. The highest BCUT2D eigenvalue weighted by molar-refractivity contribution is 6.67. The lowest BCUT2D eigenvalue weighted by Gasteiger charge is -2.29. The van der Waals surface area contributed by atoms with Crippen LogP contribution in [0.1, 0.15) is 80.0 Å². The van der Waals surface area contributed by atoms with Crippen molar-refractivity contribution < 1.29 is 53.9 Å². The second-order valence-electron chi connectivity index (χ2n) is 14.9. The summed E-state index contributed by atoms with van der Waals surface area (Å²) in [5, 5.41) is 60.2. The molecule has 3 amide bonds. The van der Waals surface area contributed by atoms with E-state index in [1.54, 1.807) is 32.9 Å². The van der Waals surface area contributed by atoms with Crippen molar-refractivity contribution in [3.63, 3.8) is 0 Å². The molecule has 0 atom stereocenters. The summed E-state index contributed by atoms with van der Waals surface area (Å²) in [6.45, 7) is 2.73. The molecule has 0 bridgehead atoms. The Hall–Kier alpha value is -7.56. The van der Waals surface area contributed by atoms with Gasteiger partial charge in [0.1, 0.15) is 5.78 Å². The number of aliphatic hydroxyl groups is 2. The standard InChI is InChI=1S/2C12H14N2O4.C12H12N2O4.C7H4ClNO3/c3*15-11-4-6-13(7-5-11)12(16)9-2-1-3-10(8-9)14(17)18;8-7(10)5-2-1-3-6(4-5)9(11)12/h2*1-3,8,11,15H,4-7H2;1-3,8H,4-7H2;1-4H. The zero-order chi connectivity index (χ0) is 48.5. The lowest BCUT2D eigenvalue weighted by Crippen LogP contribution is -2.40. The number of nitrogens with zero attached hydrogens (tertiary/aromatic N) is 7. The number of aliphatic hydroxyl groups excluding tert-OH is 2. The summed E-state index contributed by atoms with van der Waals surface area (Å²) in [6.07, 6.45) is 2.25. The van der Waals surface area contributed by atoms with Crippen LogP contribution in [-0.2, 0) is 4.79 Å². The summed E-state index contributed by atoms with van der Waals surface area (Å²) in [5.41, 5.74) is 0.650. The fourth-order valence-corrected chi connectivity index (χ4v) is 6.76. The number of hydrogen-bond donors (Lipinski definition) is 2. The second-order valence-corrected chi connectivity index (χ2v) is 15.2. The van der Waals surface area contributed by atoms with Crippen molar-refractivity contribution in [3.8, 4) is 0 Å². The Morgan fingerprint density at radius 2 is 0.727 bits per heavy atom. The molecule has 3 heterocycles. The van der Waals surface area contributed by atoms with Gasteiger partial charge in [-0.1, -0.05) is 24.3 Å². The third-order valence-corrected chi connectivity index (χ3v) is 10.5. The minimum absolute atomic E-state index is 0.0853. The molecule has 0 aliphatic carbocycles. The third-order valence-electron chi connectivity index (χ3n) is 10.3. The van der Waals surface area contributed by atoms with Crippen molar-refractivity contribution >= 4 is 63.1 Å². The Balaban J connectivity index is 0.000000195. The average Bonchev–Trinajstić information content (AvgIpc) is 3.32. The summed E-state index contributed by atoms with van der Waals surface area (Å²) in [5.74, 6) is -0.541. The third kappa shape index (κ3) is 15.3. The first kappa shape index (κ1) is 51.1. The summed E-state index contributed by atoms with van der Waals surface area (Å²) in [6, 6.07) is 22.3. The number of halogens is 1. The van der Waals surface area contributed by atoms with Gasteiger partial charge in [-0.15, -0.1) is 0 Å². The van der Waals surface area contributed by atoms with E-state index in [0.717, 1.165) is 6.07 Å². The fraction of sp³-hybridized carbons (Fsp3) is 0.326. The molecule has 7 rings (SSSR count). The quantitative estimate of drug-likeness (QED) is 0.121. The van der Waals surface area contributed by atoms with Crippen LogP contribution in [0.2, 0.25) is 0 Å². The lowest BCUT2D eigenvalue weighted by molar-refractivity contribution is -0.385. The minimum Gasteiger partial charge on any atom is -0.393 e. The van der Waals surface area contributed by atoms with Crippen molar-refractivity contribution in [2.75, 3.05) is 39.3 Å². The molecule has 0 spiro atoms. The fourth-order valence-electron chi connectivity index (χ4n) is 6.64. The number of benzene rings is 4. The normalized spacial score (nSPS) is 15.0. The molecule has 0 radical (unpaired) electrons.